The second-order valence-corrected chi connectivity index (χ2v) is 2.44. The molecule has 0 rings (SSSR count). The van der Waals surface area contributed by atoms with Crippen molar-refractivity contribution in [2.75, 3.05) is 0 Å². The lowest BCUT2D eigenvalue weighted by molar-refractivity contribution is 0.00818. The average Bonchev–Trinajstić information content (AvgIpc) is 2.27. The maximum Gasteiger partial charge on any atom is 0.673 e. The molecule has 0 aromatic heterocycles. The molecule has 0 fully saturated rings. The van der Waals surface area contributed by atoms with Gasteiger partial charge in [0.05, 0.1) is 0 Å². The van der Waals surface area contributed by atoms with Crippen molar-refractivity contribution in [2.45, 2.75) is 62.1 Å². The molecule has 0 aliphatic heterocycles. The maximum atomic E-state index is 9.75. The summed E-state index contributed by atoms with van der Waals surface area (Å²) in [5.74, 6) is 0. The van der Waals surface area contributed by atoms with Crippen LogP contribution in [0.2, 0.25) is 0 Å². The Morgan fingerprint density at radius 3 is 0.481 bits per heavy atom. The molecule has 0 N–H and O–H groups in total. The van der Waals surface area contributed by atoms with Crippen molar-refractivity contribution in [2.24, 2.45) is 0 Å². The average molecular weight is 451 g/mol. The van der Waals surface area contributed by atoms with Gasteiger partial charge in [-0.3, -0.25) is 0 Å². The lowest BCUT2D eigenvalue weighted by Crippen LogP contribution is -2.02. The minimum atomic E-state index is -6.00. The number of halogens is 15. The highest BCUT2D eigenvalue weighted by atomic mass is 19.5. The van der Waals surface area contributed by atoms with Gasteiger partial charge in [-0.15, -0.1) is 0 Å². The summed E-state index contributed by atoms with van der Waals surface area (Å²) in [5, 5.41) is 0. The molecule has 0 saturated carbocycles. The van der Waals surface area contributed by atoms with E-state index in [-0.39, 0.29) is 7.43 Å². The molecule has 0 aromatic rings. The molecule has 0 amide bonds. The molecule has 0 aliphatic rings. The highest BCUT2D eigenvalue weighted by molar-refractivity contribution is 6.50. The van der Waals surface area contributed by atoms with E-state index in [1.807, 2.05) is 27.7 Å². The van der Waals surface area contributed by atoms with Crippen LogP contribution in [0.5, 0.6) is 0 Å². The lowest BCUT2D eigenvalue weighted by atomic mass is 10.3. The van der Waals surface area contributed by atoms with Crippen LogP contribution in [-0.2, 0) is 0 Å². The number of alkyl halides is 3. The van der Waals surface area contributed by atoms with Gasteiger partial charge < -0.3 is 51.8 Å². The summed E-state index contributed by atoms with van der Waals surface area (Å²) in [4.78, 5) is 0. The van der Waals surface area contributed by atoms with Crippen LogP contribution in [0.3, 0.4) is 0 Å². The summed E-state index contributed by atoms with van der Waals surface area (Å²) in [6, 6.07) is 0. The molecule has 0 aliphatic carbocycles. The van der Waals surface area contributed by atoms with Crippen molar-refractivity contribution in [3.05, 3.63) is 0 Å². The van der Waals surface area contributed by atoms with E-state index >= 15 is 0 Å². The highest BCUT2D eigenvalue weighted by Gasteiger charge is 2.21. The first-order valence-corrected chi connectivity index (χ1v) is 6.69. The van der Waals surface area contributed by atoms with Gasteiger partial charge in [0, 0.05) is 0 Å². The molecule has 0 nitrogen and oxygen atoms in total. The van der Waals surface area contributed by atoms with Crippen LogP contribution < -0.4 is 0 Å². The summed E-state index contributed by atoms with van der Waals surface area (Å²) in [6.45, 7) is 8.58. The van der Waals surface area contributed by atoms with E-state index in [0.29, 0.717) is 0 Å². The Kier molecular flexibility index (Phi) is 61.0. The van der Waals surface area contributed by atoms with Crippen LogP contribution >= 0.6 is 0 Å². The molecule has 0 radical (unpaired) electrons. The first kappa shape index (κ1) is 50.2. The fourth-order valence-electron chi connectivity index (χ4n) is 0. The van der Waals surface area contributed by atoms with Crippen LogP contribution in [0.25, 0.3) is 0 Å². The zero-order valence-electron chi connectivity index (χ0n) is 14.7. The summed E-state index contributed by atoms with van der Waals surface area (Å²) < 4.78 is 146. The van der Waals surface area contributed by atoms with Crippen molar-refractivity contribution in [3.63, 3.8) is 0 Å². The fraction of sp³-hybridized carbons (Fsp3) is 1.00. The van der Waals surface area contributed by atoms with Crippen molar-refractivity contribution in [1.82, 2.24) is 0 Å². The quantitative estimate of drug-likeness (QED) is 0.255. The van der Waals surface area contributed by atoms with Gasteiger partial charge in [-0.1, -0.05) is 55.4 Å². The van der Waals surface area contributed by atoms with E-state index in [4.69, 9.17) is 0 Å². The molecule has 0 bridgehead atoms. The van der Waals surface area contributed by atoms with E-state index in [0.717, 1.165) is 0 Å². The fourth-order valence-corrected chi connectivity index (χ4v) is 0. The minimum absolute atomic E-state index is 0. The first-order valence-electron chi connectivity index (χ1n) is 6.69. The minimum Gasteiger partial charge on any atom is -0.418 e. The number of hydrogen-bond acceptors (Lipinski definition) is 0. The van der Waals surface area contributed by atoms with Crippen LogP contribution in [0.1, 0.15) is 55.4 Å². The van der Waals surface area contributed by atoms with Gasteiger partial charge in [-0.25, -0.2) is 0 Å². The van der Waals surface area contributed by atoms with Crippen molar-refractivity contribution in [1.29, 1.82) is 0 Å². The lowest BCUT2D eigenvalue weighted by Gasteiger charge is -1.94. The number of hydrogen-bond donors (Lipinski definition) is 0. The van der Waals surface area contributed by atoms with Gasteiger partial charge in [-0.05, 0) is 0 Å². The third-order valence-corrected chi connectivity index (χ3v) is 0. The van der Waals surface area contributed by atoms with Gasteiger partial charge in [-0.2, -0.15) is 13.2 Å². The van der Waals surface area contributed by atoms with Gasteiger partial charge in [0.15, 0.2) is 0 Å². The third kappa shape index (κ3) is 18400. The second kappa shape index (κ2) is 32.8. The Labute approximate surface area is 150 Å². The van der Waals surface area contributed by atoms with Crippen molar-refractivity contribution < 1.29 is 65.0 Å². The molecule has 178 valence electrons. The third-order valence-electron chi connectivity index (χ3n) is 0. The Hall–Kier alpha value is -0.855. The van der Waals surface area contributed by atoms with Crippen LogP contribution in [0.4, 0.5) is 65.0 Å². The normalized spacial score (nSPS) is 9.11. The van der Waals surface area contributed by atoms with E-state index in [9.17, 15) is 65.0 Å². The maximum absolute atomic E-state index is 9.75. The Morgan fingerprint density at radius 1 is 0.481 bits per heavy atom. The summed E-state index contributed by atoms with van der Waals surface area (Å²) in [7, 11) is -18.0. The molecule has 0 aromatic carbocycles. The summed E-state index contributed by atoms with van der Waals surface area (Å²) in [5.41, 5.74) is 0. The molecule has 0 atom stereocenters. The molecule has 0 spiro atoms. The van der Waals surface area contributed by atoms with E-state index in [1.54, 1.807) is 0 Å². The van der Waals surface area contributed by atoms with Crippen LogP contribution in [0, 0.1) is 0 Å². The zero-order valence-corrected chi connectivity index (χ0v) is 14.7. The Bertz CT molecular complexity index is 153. The smallest absolute Gasteiger partial charge is 0.418 e. The van der Waals surface area contributed by atoms with E-state index < -0.39 is 28.4 Å². The SMILES string of the molecule is C.CC.CC.CCC.FC(F)F.F[B-](F)(F)F.F[B-](F)(F)F.F[B-](F)(F)F. The standard InChI is InChI=1S/C3H8.2C2H6.CHF3.CH4.3BF4/c1-3-2;2*1-2;2-1(3)4;;3*2-1(3,4)5/h3H2,1-2H3;2*1-2H3;1H;1H4;;;/q;;;;;3*-1. The molecular formula is C9H25B3F15-3. The molecule has 0 heterocycles. The van der Waals surface area contributed by atoms with E-state index in [1.165, 1.54) is 6.42 Å². The predicted octanol–water partition coefficient (Wildman–Crippen LogP) is 9.18. The molecule has 0 unspecified atom stereocenters. The van der Waals surface area contributed by atoms with Crippen molar-refractivity contribution in [3.8, 4) is 0 Å². The molecular weight excluding hydrogens is 426 g/mol. The largest absolute Gasteiger partial charge is 0.673 e. The van der Waals surface area contributed by atoms with Gasteiger partial charge in [0.1, 0.15) is 0 Å². The predicted molar refractivity (Wildman–Crippen MR) is 83.1 cm³/mol. The highest BCUT2D eigenvalue weighted by Crippen LogP contribution is 2.07. The van der Waals surface area contributed by atoms with Gasteiger partial charge in [0.2, 0.25) is 0 Å². The Balaban J connectivity index is -0.0000000266. The summed E-state index contributed by atoms with van der Waals surface area (Å²) in [6.07, 6.45) is 1.25. The number of rotatable bonds is 0. The van der Waals surface area contributed by atoms with Gasteiger partial charge in [0.25, 0.3) is 0 Å². The molecule has 18 heteroatoms. The van der Waals surface area contributed by atoms with E-state index in [2.05, 4.69) is 13.8 Å². The zero-order chi connectivity index (χ0) is 23.8. The Morgan fingerprint density at radius 2 is 0.481 bits per heavy atom. The molecule has 0 saturated heterocycles. The van der Waals surface area contributed by atoms with Gasteiger partial charge >= 0.3 is 28.4 Å². The first-order chi connectivity index (χ1) is 11.1. The topological polar surface area (TPSA) is 0 Å². The molecule has 27 heavy (non-hydrogen) atoms. The second-order valence-electron chi connectivity index (χ2n) is 2.44. The van der Waals surface area contributed by atoms with Crippen LogP contribution in [-0.4, -0.2) is 28.4 Å². The van der Waals surface area contributed by atoms with Crippen molar-refractivity contribution >= 4 is 21.8 Å². The monoisotopic (exact) mass is 451 g/mol. The summed E-state index contributed by atoms with van der Waals surface area (Å²) >= 11 is 0. The van der Waals surface area contributed by atoms with Crippen LogP contribution in [0.15, 0.2) is 0 Å².